The van der Waals surface area contributed by atoms with Crippen LogP contribution in [0.3, 0.4) is 0 Å². The predicted octanol–water partition coefficient (Wildman–Crippen LogP) is 3.66. The minimum atomic E-state index is -0.133. The summed E-state index contributed by atoms with van der Waals surface area (Å²) in [5.74, 6) is 1.81. The van der Waals surface area contributed by atoms with E-state index in [0.717, 1.165) is 34.9 Å². The fourth-order valence-corrected chi connectivity index (χ4v) is 4.51. The first-order valence-corrected chi connectivity index (χ1v) is 10.2. The van der Waals surface area contributed by atoms with Crippen LogP contribution in [0.15, 0.2) is 52.0 Å². The molecule has 3 amide bonds. The Hall–Kier alpha value is -2.41. The molecule has 3 aliphatic heterocycles. The summed E-state index contributed by atoms with van der Waals surface area (Å²) in [6, 6.07) is 11.6. The summed E-state index contributed by atoms with van der Waals surface area (Å²) >= 11 is 1.69. The summed E-state index contributed by atoms with van der Waals surface area (Å²) in [5, 5.41) is 2.96. The van der Waals surface area contributed by atoms with Crippen molar-refractivity contribution in [3.63, 3.8) is 0 Å². The van der Waals surface area contributed by atoms with Crippen molar-refractivity contribution in [2.75, 3.05) is 25.5 Å². The molecule has 5 rings (SSSR count). The first-order chi connectivity index (χ1) is 13.1. The van der Waals surface area contributed by atoms with Gasteiger partial charge >= 0.3 is 6.03 Å². The zero-order valence-corrected chi connectivity index (χ0v) is 16.1. The number of hydrogen-bond donors (Lipinski definition) is 1. The number of urea groups is 1. The highest BCUT2D eigenvalue weighted by Crippen LogP contribution is 2.29. The molecule has 2 atom stereocenters. The fourth-order valence-electron chi connectivity index (χ4n) is 3.71. The second-order valence-electron chi connectivity index (χ2n) is 7.10. The van der Waals surface area contributed by atoms with Crippen LogP contribution in [-0.4, -0.2) is 47.9 Å². The number of thioether (sulfide) groups is 1. The van der Waals surface area contributed by atoms with E-state index in [0.29, 0.717) is 13.1 Å². The van der Waals surface area contributed by atoms with Crippen LogP contribution in [0.2, 0.25) is 0 Å². The van der Waals surface area contributed by atoms with Gasteiger partial charge in [0.15, 0.2) is 0 Å². The number of carbonyl (C=O) groups is 2. The molecule has 3 aliphatic rings. The highest BCUT2D eigenvalue weighted by atomic mass is 32.2. The first kappa shape index (κ1) is 18.0. The fraction of sp³-hybridized carbons (Fsp3) is 0.400. The summed E-state index contributed by atoms with van der Waals surface area (Å²) in [6.45, 7) is 1.10. The lowest BCUT2D eigenvalue weighted by atomic mass is 9.95. The molecule has 1 aromatic heterocycles. The number of nitrogens with zero attached hydrogens (tertiary/aromatic N) is 2. The maximum Gasteiger partial charge on any atom is 0.321 e. The van der Waals surface area contributed by atoms with Crippen LogP contribution in [0.1, 0.15) is 18.6 Å². The molecule has 2 unspecified atom stereocenters. The van der Waals surface area contributed by atoms with Gasteiger partial charge in [-0.25, -0.2) is 4.79 Å². The number of benzene rings is 1. The molecule has 142 valence electrons. The number of rotatable bonds is 4. The van der Waals surface area contributed by atoms with Crippen molar-refractivity contribution < 1.29 is 14.0 Å². The lowest BCUT2D eigenvalue weighted by Crippen LogP contribution is -2.45. The monoisotopic (exact) mass is 385 g/mol. The van der Waals surface area contributed by atoms with Gasteiger partial charge in [-0.15, -0.1) is 11.8 Å². The van der Waals surface area contributed by atoms with Crippen molar-refractivity contribution in [1.82, 2.24) is 9.80 Å². The van der Waals surface area contributed by atoms with Gasteiger partial charge in [0.1, 0.15) is 5.76 Å². The van der Waals surface area contributed by atoms with Crippen molar-refractivity contribution in [2.24, 2.45) is 5.92 Å². The second-order valence-corrected chi connectivity index (χ2v) is 8.15. The maximum absolute atomic E-state index is 12.7. The van der Waals surface area contributed by atoms with Crippen LogP contribution in [0.25, 0.3) is 0 Å². The molecule has 1 aromatic carbocycles. The molecule has 0 spiro atoms. The molecule has 7 heteroatoms. The Morgan fingerprint density at radius 3 is 2.78 bits per heavy atom. The molecule has 0 aliphatic carbocycles. The average molecular weight is 385 g/mol. The number of hydrogen-bond acceptors (Lipinski definition) is 4. The molecule has 3 saturated heterocycles. The number of amides is 3. The van der Waals surface area contributed by atoms with Crippen molar-refractivity contribution in [3.8, 4) is 0 Å². The van der Waals surface area contributed by atoms with Gasteiger partial charge in [-0.05, 0) is 49.2 Å². The molecule has 3 fully saturated rings. The predicted molar refractivity (Wildman–Crippen MR) is 105 cm³/mol. The van der Waals surface area contributed by atoms with E-state index in [2.05, 4.69) is 5.32 Å². The minimum Gasteiger partial charge on any atom is -0.468 e. The van der Waals surface area contributed by atoms with E-state index in [9.17, 15) is 9.59 Å². The quantitative estimate of drug-likeness (QED) is 0.816. The van der Waals surface area contributed by atoms with Gasteiger partial charge in [-0.2, -0.15) is 0 Å². The van der Waals surface area contributed by atoms with Crippen LogP contribution in [0.4, 0.5) is 10.5 Å². The molecule has 1 N–H and O–H groups in total. The molecule has 2 bridgehead atoms. The number of anilines is 1. The molecular weight excluding hydrogens is 362 g/mol. The van der Waals surface area contributed by atoms with Crippen LogP contribution in [-0.2, 0) is 10.5 Å². The summed E-state index contributed by atoms with van der Waals surface area (Å²) < 4.78 is 5.34. The number of piperidine rings is 1. The first-order valence-electron chi connectivity index (χ1n) is 9.18. The number of nitrogens with one attached hydrogen (secondary N) is 1. The highest BCUT2D eigenvalue weighted by molar-refractivity contribution is 7.98. The van der Waals surface area contributed by atoms with Gasteiger partial charge in [-0.1, -0.05) is 0 Å². The normalized spacial score (nSPS) is 22.0. The number of furan rings is 1. The van der Waals surface area contributed by atoms with Crippen LogP contribution in [0, 0.1) is 5.92 Å². The maximum atomic E-state index is 12.7. The van der Waals surface area contributed by atoms with Gasteiger partial charge in [-0.3, -0.25) is 4.79 Å². The van der Waals surface area contributed by atoms with E-state index in [1.54, 1.807) is 22.9 Å². The van der Waals surface area contributed by atoms with E-state index in [-0.39, 0.29) is 23.9 Å². The zero-order valence-electron chi connectivity index (χ0n) is 15.3. The molecule has 4 heterocycles. The van der Waals surface area contributed by atoms with E-state index in [1.807, 2.05) is 48.3 Å². The Kier molecular flexibility index (Phi) is 5.11. The summed E-state index contributed by atoms with van der Waals surface area (Å²) in [4.78, 5) is 29.7. The zero-order chi connectivity index (χ0) is 18.8. The third-order valence-corrected chi connectivity index (χ3v) is 6.35. The van der Waals surface area contributed by atoms with E-state index >= 15 is 0 Å². The molecule has 2 aromatic rings. The number of likely N-dealkylation sites (N-methyl/N-ethyl adjacent to an activating group) is 1. The van der Waals surface area contributed by atoms with Crippen molar-refractivity contribution in [2.45, 2.75) is 29.5 Å². The average Bonchev–Trinajstić information content (AvgIpc) is 3.05. The van der Waals surface area contributed by atoms with Crippen LogP contribution in [0.5, 0.6) is 0 Å². The molecule has 27 heavy (non-hydrogen) atoms. The molecule has 0 saturated carbocycles. The Balaban J connectivity index is 1.34. The van der Waals surface area contributed by atoms with Gasteiger partial charge in [0.25, 0.3) is 0 Å². The summed E-state index contributed by atoms with van der Waals surface area (Å²) in [5.41, 5.74) is 0.763. The van der Waals surface area contributed by atoms with E-state index < -0.39 is 0 Å². The summed E-state index contributed by atoms with van der Waals surface area (Å²) in [7, 11) is 1.85. The number of carbonyl (C=O) groups excluding carboxylic acids is 2. The Morgan fingerprint density at radius 1 is 1.22 bits per heavy atom. The van der Waals surface area contributed by atoms with Crippen LogP contribution >= 0.6 is 11.8 Å². The molecular formula is C20H23N3O3S. The van der Waals surface area contributed by atoms with E-state index in [4.69, 9.17) is 4.42 Å². The minimum absolute atomic E-state index is 0.0696. The lowest BCUT2D eigenvalue weighted by molar-refractivity contribution is -0.138. The molecule has 0 radical (unpaired) electrons. The third-order valence-electron chi connectivity index (χ3n) is 5.32. The van der Waals surface area contributed by atoms with Crippen molar-refractivity contribution >= 4 is 29.4 Å². The second kappa shape index (κ2) is 7.68. The van der Waals surface area contributed by atoms with Gasteiger partial charge in [0, 0.05) is 36.8 Å². The van der Waals surface area contributed by atoms with Gasteiger partial charge < -0.3 is 19.5 Å². The SMILES string of the molecule is CN1C(=O)C2CCC1CN(C(=O)Nc1ccc(SCc3ccco3)cc1)C2. The molecule has 6 nitrogen and oxygen atoms in total. The third kappa shape index (κ3) is 3.98. The smallest absolute Gasteiger partial charge is 0.321 e. The highest BCUT2D eigenvalue weighted by Gasteiger charge is 2.40. The topological polar surface area (TPSA) is 65.8 Å². The number of fused-ring (bicyclic) bond motifs is 4. The Bertz CT molecular complexity index is 806. The van der Waals surface area contributed by atoms with Crippen molar-refractivity contribution in [1.29, 1.82) is 0 Å². The summed E-state index contributed by atoms with van der Waals surface area (Å²) in [6.07, 6.45) is 3.52. The Morgan fingerprint density at radius 2 is 2.04 bits per heavy atom. The van der Waals surface area contributed by atoms with Gasteiger partial charge in [0.05, 0.1) is 17.9 Å². The Labute approximate surface area is 162 Å². The van der Waals surface area contributed by atoms with Gasteiger partial charge in [0.2, 0.25) is 5.91 Å². The van der Waals surface area contributed by atoms with Crippen LogP contribution < -0.4 is 5.32 Å². The standard InChI is InChI=1S/C20H23N3O3S/c1-22-16-7-4-14(19(22)24)11-23(12-16)20(25)21-15-5-8-18(9-6-15)27-13-17-3-2-10-26-17/h2-3,5-6,8-10,14,16H,4,7,11-13H2,1H3,(H,21,25). The largest absolute Gasteiger partial charge is 0.468 e. The van der Waals surface area contributed by atoms with Crippen molar-refractivity contribution in [3.05, 3.63) is 48.4 Å². The van der Waals surface area contributed by atoms with E-state index in [1.165, 1.54) is 0 Å². The lowest BCUT2D eigenvalue weighted by Gasteiger charge is -2.32.